The highest BCUT2D eigenvalue weighted by atomic mass is 79.9. The lowest BCUT2D eigenvalue weighted by atomic mass is 10.1. The third-order valence-corrected chi connectivity index (χ3v) is 3.82. The first-order valence-electron chi connectivity index (χ1n) is 7.42. The molecule has 0 aliphatic heterocycles. The Balaban J connectivity index is 1.73. The minimum Gasteiger partial charge on any atom is -0.494 e. The summed E-state index contributed by atoms with van der Waals surface area (Å²) in [6, 6.07) is 16.3. The highest BCUT2D eigenvalue weighted by Crippen LogP contribution is 2.24. The first kappa shape index (κ1) is 16.3. The van der Waals surface area contributed by atoms with Gasteiger partial charge >= 0.3 is 0 Å². The number of benzene rings is 2. The van der Waals surface area contributed by atoms with Gasteiger partial charge in [-0.1, -0.05) is 39.3 Å². The minimum atomic E-state index is -0.282. The van der Waals surface area contributed by atoms with E-state index in [1.807, 2.05) is 31.2 Å². The number of nitrogens with one attached hydrogen (secondary N) is 1. The van der Waals surface area contributed by atoms with Crippen molar-refractivity contribution in [3.8, 4) is 17.0 Å². The number of halogens is 1. The maximum atomic E-state index is 12.3. The molecule has 0 atom stereocenters. The van der Waals surface area contributed by atoms with Gasteiger partial charge < -0.3 is 9.26 Å². The summed E-state index contributed by atoms with van der Waals surface area (Å²) in [6.45, 7) is 2.44. The number of aromatic nitrogens is 1. The van der Waals surface area contributed by atoms with Gasteiger partial charge in [0.05, 0.1) is 6.61 Å². The van der Waals surface area contributed by atoms with E-state index in [4.69, 9.17) is 9.26 Å². The molecule has 0 spiro atoms. The van der Waals surface area contributed by atoms with Crippen LogP contribution in [0, 0.1) is 0 Å². The lowest BCUT2D eigenvalue weighted by Gasteiger charge is -2.05. The number of amides is 1. The molecule has 122 valence electrons. The number of rotatable bonds is 5. The van der Waals surface area contributed by atoms with E-state index in [1.54, 1.807) is 30.3 Å². The van der Waals surface area contributed by atoms with Crippen LogP contribution in [0.3, 0.4) is 0 Å². The van der Waals surface area contributed by atoms with E-state index in [-0.39, 0.29) is 5.91 Å². The lowest BCUT2D eigenvalue weighted by Crippen LogP contribution is -2.11. The Morgan fingerprint density at radius 3 is 2.75 bits per heavy atom. The summed E-state index contributed by atoms with van der Waals surface area (Å²) in [4.78, 5) is 12.3. The first-order valence-corrected chi connectivity index (χ1v) is 8.22. The third-order valence-electron chi connectivity index (χ3n) is 3.29. The Morgan fingerprint density at radius 1 is 1.21 bits per heavy atom. The van der Waals surface area contributed by atoms with Crippen LogP contribution in [0.5, 0.6) is 5.75 Å². The highest BCUT2D eigenvalue weighted by molar-refractivity contribution is 9.10. The van der Waals surface area contributed by atoms with E-state index in [0.717, 1.165) is 10.0 Å². The van der Waals surface area contributed by atoms with E-state index >= 15 is 0 Å². The van der Waals surface area contributed by atoms with Crippen molar-refractivity contribution in [2.45, 2.75) is 6.92 Å². The molecule has 2 aromatic carbocycles. The van der Waals surface area contributed by atoms with Crippen molar-refractivity contribution in [3.63, 3.8) is 0 Å². The van der Waals surface area contributed by atoms with E-state index in [0.29, 0.717) is 29.5 Å². The molecule has 1 heterocycles. The van der Waals surface area contributed by atoms with Gasteiger partial charge in [-0.3, -0.25) is 10.1 Å². The van der Waals surface area contributed by atoms with Gasteiger partial charge in [-0.25, -0.2) is 0 Å². The second-order valence-corrected chi connectivity index (χ2v) is 5.91. The zero-order chi connectivity index (χ0) is 16.9. The van der Waals surface area contributed by atoms with Crippen molar-refractivity contribution >= 4 is 27.7 Å². The molecule has 0 saturated heterocycles. The zero-order valence-electron chi connectivity index (χ0n) is 13.0. The van der Waals surface area contributed by atoms with Crippen molar-refractivity contribution in [2.24, 2.45) is 0 Å². The monoisotopic (exact) mass is 386 g/mol. The van der Waals surface area contributed by atoms with Crippen LogP contribution in [0.15, 0.2) is 63.6 Å². The van der Waals surface area contributed by atoms with Crippen LogP contribution in [0.2, 0.25) is 0 Å². The fourth-order valence-electron chi connectivity index (χ4n) is 2.17. The molecule has 3 rings (SSSR count). The summed E-state index contributed by atoms with van der Waals surface area (Å²) in [5.74, 6) is 0.660. The summed E-state index contributed by atoms with van der Waals surface area (Å²) < 4.78 is 11.6. The van der Waals surface area contributed by atoms with E-state index < -0.39 is 0 Å². The number of hydrogen-bond donors (Lipinski definition) is 1. The standard InChI is InChI=1S/C18H15BrN2O3/c1-2-23-15-5-3-4-13(10-15)18(22)20-17-11-16(21-24-17)12-6-8-14(19)9-7-12/h3-11H,2H2,1H3,(H,20,22). The summed E-state index contributed by atoms with van der Waals surface area (Å²) >= 11 is 3.39. The van der Waals surface area contributed by atoms with Crippen LogP contribution in [-0.2, 0) is 0 Å². The number of carbonyl (C=O) groups is 1. The molecule has 1 aromatic heterocycles. The lowest BCUT2D eigenvalue weighted by molar-refractivity contribution is 0.102. The van der Waals surface area contributed by atoms with Crippen LogP contribution in [0.1, 0.15) is 17.3 Å². The maximum Gasteiger partial charge on any atom is 0.258 e. The number of carbonyl (C=O) groups excluding carboxylic acids is 1. The van der Waals surface area contributed by atoms with E-state index in [9.17, 15) is 4.79 Å². The van der Waals surface area contributed by atoms with Crippen LogP contribution < -0.4 is 10.1 Å². The zero-order valence-corrected chi connectivity index (χ0v) is 14.5. The molecule has 5 nitrogen and oxygen atoms in total. The molecule has 0 unspecified atom stereocenters. The fourth-order valence-corrected chi connectivity index (χ4v) is 2.43. The molecule has 0 bridgehead atoms. The molecule has 0 aliphatic carbocycles. The number of anilines is 1. The molecule has 0 fully saturated rings. The average molecular weight is 387 g/mol. The normalized spacial score (nSPS) is 10.4. The van der Waals surface area contributed by atoms with Gasteiger partial charge in [0.2, 0.25) is 5.88 Å². The topological polar surface area (TPSA) is 64.4 Å². The second kappa shape index (κ2) is 7.31. The molecule has 3 aromatic rings. The van der Waals surface area contributed by atoms with Crippen molar-refractivity contribution in [1.29, 1.82) is 0 Å². The van der Waals surface area contributed by atoms with Gasteiger partial charge in [-0.05, 0) is 37.3 Å². The summed E-state index contributed by atoms with van der Waals surface area (Å²) in [5, 5.41) is 6.68. The van der Waals surface area contributed by atoms with Crippen LogP contribution >= 0.6 is 15.9 Å². The Morgan fingerprint density at radius 2 is 2.00 bits per heavy atom. The van der Waals surface area contributed by atoms with Crippen LogP contribution in [0.4, 0.5) is 5.88 Å². The Labute approximate surface area is 147 Å². The Kier molecular flexibility index (Phi) is 4.96. The molecular formula is C18H15BrN2O3. The van der Waals surface area contributed by atoms with Crippen LogP contribution in [0.25, 0.3) is 11.3 Å². The second-order valence-electron chi connectivity index (χ2n) is 5.00. The molecule has 0 saturated carbocycles. The van der Waals surface area contributed by atoms with Gasteiger partial charge in [0.1, 0.15) is 11.4 Å². The predicted octanol–water partition coefficient (Wildman–Crippen LogP) is 4.76. The van der Waals surface area contributed by atoms with Gasteiger partial charge in [0, 0.05) is 21.7 Å². The first-order chi connectivity index (χ1) is 11.7. The number of hydrogen-bond acceptors (Lipinski definition) is 4. The summed E-state index contributed by atoms with van der Waals surface area (Å²) in [7, 11) is 0. The molecule has 6 heteroatoms. The molecule has 0 aliphatic rings. The smallest absolute Gasteiger partial charge is 0.258 e. The minimum absolute atomic E-state index is 0.282. The Bertz CT molecular complexity index is 843. The molecule has 0 radical (unpaired) electrons. The quantitative estimate of drug-likeness (QED) is 0.686. The fraction of sp³-hybridized carbons (Fsp3) is 0.111. The highest BCUT2D eigenvalue weighted by Gasteiger charge is 2.12. The molecular weight excluding hydrogens is 372 g/mol. The number of ether oxygens (including phenoxy) is 1. The van der Waals surface area contributed by atoms with Crippen molar-refractivity contribution in [2.75, 3.05) is 11.9 Å². The predicted molar refractivity (Wildman–Crippen MR) is 95.2 cm³/mol. The van der Waals surface area contributed by atoms with Gasteiger partial charge in [0.25, 0.3) is 5.91 Å². The molecule has 24 heavy (non-hydrogen) atoms. The number of nitrogens with zero attached hydrogens (tertiary/aromatic N) is 1. The van der Waals surface area contributed by atoms with Crippen LogP contribution in [-0.4, -0.2) is 17.7 Å². The van der Waals surface area contributed by atoms with Gasteiger partial charge in [-0.2, -0.15) is 0 Å². The van der Waals surface area contributed by atoms with Gasteiger partial charge in [0.15, 0.2) is 0 Å². The maximum absolute atomic E-state index is 12.3. The Hall–Kier alpha value is -2.60. The summed E-state index contributed by atoms with van der Waals surface area (Å²) in [6.07, 6.45) is 0. The van der Waals surface area contributed by atoms with Crippen molar-refractivity contribution < 1.29 is 14.1 Å². The van der Waals surface area contributed by atoms with Gasteiger partial charge in [-0.15, -0.1) is 0 Å². The third kappa shape index (κ3) is 3.83. The SMILES string of the molecule is CCOc1cccc(C(=O)Nc2cc(-c3ccc(Br)cc3)no2)c1. The van der Waals surface area contributed by atoms with Crippen molar-refractivity contribution in [3.05, 3.63) is 64.6 Å². The van der Waals surface area contributed by atoms with Crippen molar-refractivity contribution in [1.82, 2.24) is 5.16 Å². The average Bonchev–Trinajstić information content (AvgIpc) is 3.04. The largest absolute Gasteiger partial charge is 0.494 e. The summed E-state index contributed by atoms with van der Waals surface area (Å²) in [5.41, 5.74) is 2.05. The molecule has 1 amide bonds. The van der Waals surface area contributed by atoms with E-state index in [2.05, 4.69) is 26.4 Å². The molecule has 1 N–H and O–H groups in total. The van der Waals surface area contributed by atoms with E-state index in [1.165, 1.54) is 0 Å².